The van der Waals surface area contributed by atoms with E-state index in [9.17, 15) is 0 Å². The van der Waals surface area contributed by atoms with Gasteiger partial charge in [-0.3, -0.25) is 4.90 Å². The van der Waals surface area contributed by atoms with Gasteiger partial charge in [0.05, 0.1) is 12.2 Å². The quantitative estimate of drug-likeness (QED) is 0.916. The fraction of sp³-hybridized carbons (Fsp3) is 0.625. The van der Waals surface area contributed by atoms with E-state index in [0.717, 1.165) is 36.7 Å². The Kier molecular flexibility index (Phi) is 4.33. The summed E-state index contributed by atoms with van der Waals surface area (Å²) in [7, 11) is 0. The Morgan fingerprint density at radius 1 is 1.14 bits per heavy atom. The van der Waals surface area contributed by atoms with Crippen LogP contribution < -0.4 is 15.2 Å². The van der Waals surface area contributed by atoms with Gasteiger partial charge in [0.15, 0.2) is 11.5 Å². The Labute approximate surface area is 126 Å². The molecular formula is C16H24N2O3. The second-order valence-corrected chi connectivity index (χ2v) is 5.99. The summed E-state index contributed by atoms with van der Waals surface area (Å²) in [6, 6.07) is 5.96. The minimum Gasteiger partial charge on any atom is -0.486 e. The third-order valence-electron chi connectivity index (χ3n) is 3.94. The molecule has 0 bridgehead atoms. The molecule has 0 amide bonds. The molecule has 2 N–H and O–H groups in total. The predicted octanol–water partition coefficient (Wildman–Crippen LogP) is 1.57. The smallest absolute Gasteiger partial charge is 0.161 e. The predicted molar refractivity (Wildman–Crippen MR) is 80.8 cm³/mol. The van der Waals surface area contributed by atoms with Crippen LogP contribution in [0.25, 0.3) is 0 Å². The van der Waals surface area contributed by atoms with Crippen molar-refractivity contribution in [2.75, 3.05) is 32.8 Å². The lowest BCUT2D eigenvalue weighted by Gasteiger charge is -2.36. The molecule has 5 heteroatoms. The van der Waals surface area contributed by atoms with Crippen LogP contribution in [0, 0.1) is 0 Å². The van der Waals surface area contributed by atoms with Crippen LogP contribution in [-0.4, -0.2) is 50.0 Å². The van der Waals surface area contributed by atoms with E-state index < -0.39 is 0 Å². The zero-order valence-corrected chi connectivity index (χ0v) is 12.7. The van der Waals surface area contributed by atoms with E-state index in [-0.39, 0.29) is 18.2 Å². The summed E-state index contributed by atoms with van der Waals surface area (Å²) in [5.41, 5.74) is 7.46. The largest absolute Gasteiger partial charge is 0.486 e. The fourth-order valence-corrected chi connectivity index (χ4v) is 3.11. The second-order valence-electron chi connectivity index (χ2n) is 5.99. The summed E-state index contributed by atoms with van der Waals surface area (Å²) in [4.78, 5) is 2.38. The van der Waals surface area contributed by atoms with Crippen LogP contribution >= 0.6 is 0 Å². The van der Waals surface area contributed by atoms with Crippen molar-refractivity contribution in [1.82, 2.24) is 4.90 Å². The zero-order valence-electron chi connectivity index (χ0n) is 12.7. The van der Waals surface area contributed by atoms with E-state index in [2.05, 4.69) is 18.7 Å². The molecule has 0 spiro atoms. The van der Waals surface area contributed by atoms with Crippen molar-refractivity contribution >= 4 is 0 Å². The van der Waals surface area contributed by atoms with Gasteiger partial charge in [-0.15, -0.1) is 0 Å². The Bertz CT molecular complexity index is 484. The topological polar surface area (TPSA) is 57.0 Å². The van der Waals surface area contributed by atoms with Gasteiger partial charge in [-0.25, -0.2) is 0 Å². The Hall–Kier alpha value is -1.30. The summed E-state index contributed by atoms with van der Waals surface area (Å²) >= 11 is 0. The maximum Gasteiger partial charge on any atom is 0.161 e. The minimum absolute atomic E-state index is 0.0293. The van der Waals surface area contributed by atoms with Crippen molar-refractivity contribution in [3.8, 4) is 11.5 Å². The number of nitrogens with two attached hydrogens (primary N) is 1. The number of benzene rings is 1. The van der Waals surface area contributed by atoms with Crippen molar-refractivity contribution in [1.29, 1.82) is 0 Å². The van der Waals surface area contributed by atoms with Crippen molar-refractivity contribution in [3.63, 3.8) is 0 Å². The van der Waals surface area contributed by atoms with Gasteiger partial charge in [-0.2, -0.15) is 0 Å². The van der Waals surface area contributed by atoms with Crippen LogP contribution in [0.2, 0.25) is 0 Å². The molecule has 21 heavy (non-hydrogen) atoms. The highest BCUT2D eigenvalue weighted by Crippen LogP contribution is 2.32. The Balaban J connectivity index is 1.66. The van der Waals surface area contributed by atoms with Gasteiger partial charge in [0.25, 0.3) is 0 Å². The van der Waals surface area contributed by atoms with E-state index in [4.69, 9.17) is 19.9 Å². The molecule has 0 saturated carbocycles. The van der Waals surface area contributed by atoms with E-state index >= 15 is 0 Å². The number of hydrogen-bond donors (Lipinski definition) is 1. The standard InChI is InChI=1S/C16H24N2O3/c1-11-8-18(9-12(2)21-11)10-14(17)13-3-4-15-16(7-13)20-6-5-19-15/h3-4,7,11-12,14H,5-6,8-10,17H2,1-2H3. The molecule has 1 aromatic rings. The third kappa shape index (κ3) is 3.48. The van der Waals surface area contributed by atoms with Crippen LogP contribution in [0.5, 0.6) is 11.5 Å². The number of rotatable bonds is 3. The van der Waals surface area contributed by atoms with Gasteiger partial charge in [0, 0.05) is 25.7 Å². The van der Waals surface area contributed by atoms with Crippen LogP contribution in [0.1, 0.15) is 25.5 Å². The molecule has 2 aliphatic rings. The normalized spacial score (nSPS) is 27.4. The first-order valence-corrected chi connectivity index (χ1v) is 7.65. The molecule has 0 aliphatic carbocycles. The molecule has 0 radical (unpaired) electrons. The zero-order chi connectivity index (χ0) is 14.8. The average Bonchev–Trinajstić information content (AvgIpc) is 2.45. The number of ether oxygens (including phenoxy) is 3. The van der Waals surface area contributed by atoms with Gasteiger partial charge in [-0.1, -0.05) is 6.07 Å². The molecule has 1 saturated heterocycles. The molecule has 1 fully saturated rings. The first-order chi connectivity index (χ1) is 10.1. The van der Waals surface area contributed by atoms with Crippen LogP contribution in [0.3, 0.4) is 0 Å². The Morgan fingerprint density at radius 2 is 1.81 bits per heavy atom. The first-order valence-electron chi connectivity index (χ1n) is 7.65. The van der Waals surface area contributed by atoms with E-state index in [0.29, 0.717) is 13.2 Å². The fourth-order valence-electron chi connectivity index (χ4n) is 3.11. The number of fused-ring (bicyclic) bond motifs is 1. The van der Waals surface area contributed by atoms with Gasteiger partial charge in [0.2, 0.25) is 0 Å². The highest BCUT2D eigenvalue weighted by atomic mass is 16.6. The van der Waals surface area contributed by atoms with Crippen LogP contribution in [0.15, 0.2) is 18.2 Å². The van der Waals surface area contributed by atoms with Crippen molar-refractivity contribution in [3.05, 3.63) is 23.8 Å². The number of morpholine rings is 1. The summed E-state index contributed by atoms with van der Waals surface area (Å²) in [5.74, 6) is 1.61. The van der Waals surface area contributed by atoms with Crippen molar-refractivity contribution < 1.29 is 14.2 Å². The molecule has 3 atom stereocenters. The second kappa shape index (κ2) is 6.22. The van der Waals surface area contributed by atoms with Gasteiger partial charge in [-0.05, 0) is 31.5 Å². The molecule has 1 aromatic carbocycles. The summed E-state index contributed by atoms with van der Waals surface area (Å²) in [6.45, 7) is 8.13. The van der Waals surface area contributed by atoms with E-state index in [1.165, 1.54) is 0 Å². The highest BCUT2D eigenvalue weighted by molar-refractivity contribution is 5.44. The minimum atomic E-state index is -0.0293. The van der Waals surface area contributed by atoms with E-state index in [1.54, 1.807) is 0 Å². The molecule has 0 aromatic heterocycles. The third-order valence-corrected chi connectivity index (χ3v) is 3.94. The number of hydrogen-bond acceptors (Lipinski definition) is 5. The highest BCUT2D eigenvalue weighted by Gasteiger charge is 2.24. The maximum absolute atomic E-state index is 6.37. The molecule has 116 valence electrons. The van der Waals surface area contributed by atoms with E-state index in [1.807, 2.05) is 18.2 Å². The molecule has 5 nitrogen and oxygen atoms in total. The lowest BCUT2D eigenvalue weighted by Crippen LogP contribution is -2.47. The monoisotopic (exact) mass is 292 g/mol. The lowest BCUT2D eigenvalue weighted by molar-refractivity contribution is -0.0691. The molecule has 2 heterocycles. The van der Waals surface area contributed by atoms with Crippen molar-refractivity contribution in [2.45, 2.75) is 32.1 Å². The summed E-state index contributed by atoms with van der Waals surface area (Å²) < 4.78 is 16.9. The number of nitrogens with zero attached hydrogens (tertiary/aromatic N) is 1. The Morgan fingerprint density at radius 3 is 2.52 bits per heavy atom. The molecular weight excluding hydrogens is 268 g/mol. The SMILES string of the molecule is CC1CN(CC(N)c2ccc3c(c2)OCCO3)CC(C)O1. The van der Waals surface area contributed by atoms with Gasteiger partial charge in [0.1, 0.15) is 13.2 Å². The molecule has 3 rings (SSSR count). The summed E-state index contributed by atoms with van der Waals surface area (Å²) in [6.07, 6.45) is 0.530. The molecule has 2 aliphatic heterocycles. The van der Waals surface area contributed by atoms with Crippen molar-refractivity contribution in [2.24, 2.45) is 5.73 Å². The van der Waals surface area contributed by atoms with Crippen LogP contribution in [0.4, 0.5) is 0 Å². The summed E-state index contributed by atoms with van der Waals surface area (Å²) in [5, 5.41) is 0. The van der Waals surface area contributed by atoms with Crippen LogP contribution in [-0.2, 0) is 4.74 Å². The van der Waals surface area contributed by atoms with Gasteiger partial charge >= 0.3 is 0 Å². The van der Waals surface area contributed by atoms with Gasteiger partial charge < -0.3 is 19.9 Å². The maximum atomic E-state index is 6.37. The molecule has 3 unspecified atom stereocenters. The average molecular weight is 292 g/mol. The first kappa shape index (κ1) is 14.6. The lowest BCUT2D eigenvalue weighted by atomic mass is 10.1.